The highest BCUT2D eigenvalue weighted by atomic mass is 35.5. The number of carbonyl (C=O) groups excluding carboxylic acids is 1. The van der Waals surface area contributed by atoms with Gasteiger partial charge in [-0.3, -0.25) is 4.79 Å². The fourth-order valence-electron chi connectivity index (χ4n) is 2.61. The average Bonchev–Trinajstić information content (AvgIpc) is 2.50. The molecule has 2 rings (SSSR count). The zero-order chi connectivity index (χ0) is 15.2. The molecule has 0 aliphatic carbocycles. The lowest BCUT2D eigenvalue weighted by molar-refractivity contribution is 0.0906. The van der Waals surface area contributed by atoms with Crippen LogP contribution in [0.4, 0.5) is 5.82 Å². The molecule has 0 saturated carbocycles. The first-order chi connectivity index (χ1) is 10.1. The summed E-state index contributed by atoms with van der Waals surface area (Å²) in [5.74, 6) is 0.452. The Kier molecular flexibility index (Phi) is 5.82. The number of nitrogens with one attached hydrogen (secondary N) is 2. The summed E-state index contributed by atoms with van der Waals surface area (Å²) in [6.45, 7) is 5.40. The van der Waals surface area contributed by atoms with Crippen molar-refractivity contribution in [3.8, 4) is 0 Å². The molecule has 0 atom stereocenters. The van der Waals surface area contributed by atoms with Crippen molar-refractivity contribution in [1.29, 1.82) is 0 Å². The number of piperidine rings is 1. The number of nitrogens with zero attached hydrogens (tertiary/aromatic N) is 2. The van der Waals surface area contributed by atoms with Crippen LogP contribution in [0.2, 0.25) is 5.02 Å². The first kappa shape index (κ1) is 16.0. The Morgan fingerprint density at radius 3 is 2.76 bits per heavy atom. The first-order valence-electron chi connectivity index (χ1n) is 7.51. The lowest BCUT2D eigenvalue weighted by Crippen LogP contribution is -2.45. The number of aromatic nitrogens is 1. The van der Waals surface area contributed by atoms with Gasteiger partial charge in [0.1, 0.15) is 11.5 Å². The van der Waals surface area contributed by atoms with Gasteiger partial charge in [-0.15, -0.1) is 0 Å². The molecule has 2 heterocycles. The lowest BCUT2D eigenvalue weighted by atomic mass is 10.0. The van der Waals surface area contributed by atoms with Crippen LogP contribution >= 0.6 is 11.6 Å². The molecule has 0 spiro atoms. The molecular formula is C15H23ClN4O. The molecule has 21 heavy (non-hydrogen) atoms. The second kappa shape index (κ2) is 7.61. The summed E-state index contributed by atoms with van der Waals surface area (Å²) in [5, 5.41) is 6.35. The van der Waals surface area contributed by atoms with Gasteiger partial charge in [-0.05, 0) is 37.9 Å². The number of hydrogen-bond acceptors (Lipinski definition) is 4. The zero-order valence-corrected chi connectivity index (χ0v) is 13.4. The molecule has 2 N–H and O–H groups in total. The summed E-state index contributed by atoms with van der Waals surface area (Å²) >= 11 is 6.07. The van der Waals surface area contributed by atoms with Gasteiger partial charge in [0.2, 0.25) is 0 Å². The number of amides is 1. The lowest BCUT2D eigenvalue weighted by Gasteiger charge is -2.32. The van der Waals surface area contributed by atoms with Crippen LogP contribution in [-0.2, 0) is 0 Å². The maximum Gasteiger partial charge on any atom is 0.271 e. The van der Waals surface area contributed by atoms with Crippen molar-refractivity contribution >= 4 is 23.3 Å². The van der Waals surface area contributed by atoms with E-state index < -0.39 is 0 Å². The molecule has 1 aliphatic heterocycles. The third kappa shape index (κ3) is 4.32. The number of halogens is 1. The first-order valence-corrected chi connectivity index (χ1v) is 7.89. The van der Waals surface area contributed by atoms with Crippen molar-refractivity contribution in [3.63, 3.8) is 0 Å². The SMILES string of the molecule is CCCN1CCC(NC(=O)c2nc(NC)ccc2Cl)CC1. The Morgan fingerprint density at radius 2 is 2.14 bits per heavy atom. The van der Waals surface area contributed by atoms with E-state index in [9.17, 15) is 4.79 Å². The van der Waals surface area contributed by atoms with E-state index in [1.807, 2.05) is 0 Å². The highest BCUT2D eigenvalue weighted by Crippen LogP contribution is 2.18. The number of anilines is 1. The minimum atomic E-state index is -0.189. The van der Waals surface area contributed by atoms with Crippen molar-refractivity contribution in [3.05, 3.63) is 22.8 Å². The molecule has 1 amide bonds. The van der Waals surface area contributed by atoms with Crippen LogP contribution in [-0.4, -0.2) is 48.5 Å². The summed E-state index contributed by atoms with van der Waals surface area (Å²) in [5.41, 5.74) is 0.291. The Hall–Kier alpha value is -1.33. The van der Waals surface area contributed by atoms with Gasteiger partial charge in [-0.25, -0.2) is 4.98 Å². The molecule has 1 saturated heterocycles. The second-order valence-corrected chi connectivity index (χ2v) is 5.77. The van der Waals surface area contributed by atoms with Gasteiger partial charge < -0.3 is 15.5 Å². The maximum absolute atomic E-state index is 12.3. The maximum atomic E-state index is 12.3. The Balaban J connectivity index is 1.93. The molecule has 0 bridgehead atoms. The number of pyridine rings is 1. The van der Waals surface area contributed by atoms with E-state index >= 15 is 0 Å². The molecule has 116 valence electrons. The number of carbonyl (C=O) groups is 1. The van der Waals surface area contributed by atoms with Gasteiger partial charge in [-0.2, -0.15) is 0 Å². The fourth-order valence-corrected chi connectivity index (χ4v) is 2.80. The molecule has 5 nitrogen and oxygen atoms in total. The van der Waals surface area contributed by atoms with E-state index in [0.717, 1.165) is 32.5 Å². The van der Waals surface area contributed by atoms with E-state index in [4.69, 9.17) is 11.6 Å². The minimum Gasteiger partial charge on any atom is -0.373 e. The molecule has 0 aromatic carbocycles. The smallest absolute Gasteiger partial charge is 0.271 e. The van der Waals surface area contributed by atoms with Crippen LogP contribution in [0.1, 0.15) is 36.7 Å². The minimum absolute atomic E-state index is 0.189. The topological polar surface area (TPSA) is 57.3 Å². The number of rotatable bonds is 5. The molecule has 1 fully saturated rings. The Labute approximate surface area is 131 Å². The summed E-state index contributed by atoms with van der Waals surface area (Å²) in [4.78, 5) is 19.0. The molecule has 6 heteroatoms. The largest absolute Gasteiger partial charge is 0.373 e. The van der Waals surface area contributed by atoms with E-state index in [1.165, 1.54) is 6.42 Å². The molecule has 0 unspecified atom stereocenters. The van der Waals surface area contributed by atoms with E-state index in [0.29, 0.717) is 16.5 Å². The van der Waals surface area contributed by atoms with Gasteiger partial charge in [0.05, 0.1) is 5.02 Å². The summed E-state index contributed by atoms with van der Waals surface area (Å²) in [7, 11) is 1.77. The van der Waals surface area contributed by atoms with Crippen molar-refractivity contribution < 1.29 is 4.79 Å². The summed E-state index contributed by atoms with van der Waals surface area (Å²) < 4.78 is 0. The van der Waals surface area contributed by atoms with Gasteiger partial charge in [-0.1, -0.05) is 18.5 Å². The zero-order valence-electron chi connectivity index (χ0n) is 12.7. The van der Waals surface area contributed by atoms with E-state index in [2.05, 4.69) is 27.4 Å². The fraction of sp³-hybridized carbons (Fsp3) is 0.600. The van der Waals surface area contributed by atoms with Crippen LogP contribution in [0, 0.1) is 0 Å². The van der Waals surface area contributed by atoms with Crippen molar-refractivity contribution in [2.24, 2.45) is 0 Å². The molecule has 0 radical (unpaired) electrons. The van der Waals surface area contributed by atoms with Crippen LogP contribution in [0.15, 0.2) is 12.1 Å². The quantitative estimate of drug-likeness (QED) is 0.877. The highest BCUT2D eigenvalue weighted by molar-refractivity contribution is 6.33. The molecule has 1 aromatic rings. The third-order valence-corrected chi connectivity index (χ3v) is 4.08. The average molecular weight is 311 g/mol. The normalized spacial score (nSPS) is 16.7. The third-order valence-electron chi connectivity index (χ3n) is 3.78. The van der Waals surface area contributed by atoms with Crippen LogP contribution < -0.4 is 10.6 Å². The molecular weight excluding hydrogens is 288 g/mol. The van der Waals surface area contributed by atoms with E-state index in [-0.39, 0.29) is 11.9 Å². The Bertz CT molecular complexity index is 487. The van der Waals surface area contributed by atoms with E-state index in [1.54, 1.807) is 19.2 Å². The predicted molar refractivity (Wildman–Crippen MR) is 86.0 cm³/mol. The van der Waals surface area contributed by atoms with Crippen LogP contribution in [0.3, 0.4) is 0 Å². The second-order valence-electron chi connectivity index (χ2n) is 5.37. The van der Waals surface area contributed by atoms with Crippen molar-refractivity contribution in [2.45, 2.75) is 32.2 Å². The number of likely N-dealkylation sites (tertiary alicyclic amines) is 1. The van der Waals surface area contributed by atoms with Gasteiger partial charge in [0.25, 0.3) is 5.91 Å². The molecule has 1 aliphatic rings. The van der Waals surface area contributed by atoms with Gasteiger partial charge in [0.15, 0.2) is 0 Å². The highest BCUT2D eigenvalue weighted by Gasteiger charge is 2.22. The summed E-state index contributed by atoms with van der Waals surface area (Å²) in [6, 6.07) is 3.66. The van der Waals surface area contributed by atoms with Crippen LogP contribution in [0.5, 0.6) is 0 Å². The van der Waals surface area contributed by atoms with Gasteiger partial charge >= 0.3 is 0 Å². The number of hydrogen-bond donors (Lipinski definition) is 2. The Morgan fingerprint density at radius 1 is 1.43 bits per heavy atom. The monoisotopic (exact) mass is 310 g/mol. The predicted octanol–water partition coefficient (Wildman–Crippen LogP) is 2.38. The molecule has 1 aromatic heterocycles. The van der Waals surface area contributed by atoms with Crippen molar-refractivity contribution in [2.75, 3.05) is 32.0 Å². The van der Waals surface area contributed by atoms with Crippen LogP contribution in [0.25, 0.3) is 0 Å². The van der Waals surface area contributed by atoms with Gasteiger partial charge in [0, 0.05) is 26.2 Å². The van der Waals surface area contributed by atoms with Crippen molar-refractivity contribution in [1.82, 2.24) is 15.2 Å². The standard InChI is InChI=1S/C15H23ClN4O/c1-3-8-20-9-6-11(7-10-20)18-15(21)14-12(16)4-5-13(17-2)19-14/h4-5,11H,3,6-10H2,1-2H3,(H,17,19)(H,18,21). The summed E-state index contributed by atoms with van der Waals surface area (Å²) in [6.07, 6.45) is 3.14.